The maximum absolute atomic E-state index is 13.7. The third-order valence-corrected chi connectivity index (χ3v) is 7.07. The molecule has 8 nitrogen and oxygen atoms in total. The summed E-state index contributed by atoms with van der Waals surface area (Å²) in [6.07, 6.45) is -4.90. The highest BCUT2D eigenvalue weighted by Gasteiger charge is 2.40. The van der Waals surface area contributed by atoms with Crippen LogP contribution in [0.25, 0.3) is 11.1 Å². The second-order valence-corrected chi connectivity index (χ2v) is 9.70. The molecule has 2 unspecified atom stereocenters. The molecule has 3 aromatic heterocycles. The lowest BCUT2D eigenvalue weighted by molar-refractivity contribution is -0.145. The number of hydrogen-bond acceptors (Lipinski definition) is 7. The van der Waals surface area contributed by atoms with E-state index in [-0.39, 0.29) is 41.0 Å². The summed E-state index contributed by atoms with van der Waals surface area (Å²) in [7, 11) is 0. The SMILES string of the molecule is CCCc1ncn(CC(=O)N2C(C)CNCC2c2sc(C(F)(F)F)cc2-c2cnc(C(F)(F)F)nc2)n1. The molecule has 0 bridgehead atoms. The van der Waals surface area contributed by atoms with Crippen molar-refractivity contribution in [3.05, 3.63) is 46.2 Å². The first-order chi connectivity index (χ1) is 17.4. The molecule has 1 fully saturated rings. The Hall–Kier alpha value is -3.07. The van der Waals surface area contributed by atoms with Crippen molar-refractivity contribution in [1.82, 2.24) is 34.9 Å². The van der Waals surface area contributed by atoms with Crippen LogP contribution in [0.2, 0.25) is 0 Å². The van der Waals surface area contributed by atoms with E-state index < -0.39 is 29.1 Å². The van der Waals surface area contributed by atoms with Gasteiger partial charge in [0.15, 0.2) is 5.82 Å². The van der Waals surface area contributed by atoms with Crippen molar-refractivity contribution in [3.63, 3.8) is 0 Å². The van der Waals surface area contributed by atoms with Gasteiger partial charge in [0.1, 0.15) is 17.7 Å². The van der Waals surface area contributed by atoms with Gasteiger partial charge < -0.3 is 10.2 Å². The van der Waals surface area contributed by atoms with E-state index in [0.29, 0.717) is 30.1 Å². The van der Waals surface area contributed by atoms with E-state index in [1.807, 2.05) is 6.92 Å². The number of amides is 1. The highest BCUT2D eigenvalue weighted by Crippen LogP contribution is 2.45. The Kier molecular flexibility index (Phi) is 7.55. The van der Waals surface area contributed by atoms with Gasteiger partial charge in [-0.3, -0.25) is 4.79 Å². The van der Waals surface area contributed by atoms with Crippen LogP contribution < -0.4 is 5.32 Å². The van der Waals surface area contributed by atoms with Gasteiger partial charge in [0.2, 0.25) is 11.7 Å². The first-order valence-electron chi connectivity index (χ1n) is 11.4. The van der Waals surface area contributed by atoms with Gasteiger partial charge in [-0.15, -0.1) is 11.3 Å². The molecule has 15 heteroatoms. The molecule has 3 aromatic rings. The topological polar surface area (TPSA) is 88.8 Å². The standard InChI is InChI=1S/C22H23F6N7OS/c1-3-4-17-32-11-34(33-17)10-18(36)35-12(2)6-29-9-15(35)19-14(5-16(37-19)21(23,24)25)13-7-30-20(31-8-13)22(26,27)28/h5,7-8,11-12,15,29H,3-4,6,9-10H2,1-2H3. The zero-order valence-electron chi connectivity index (χ0n) is 19.8. The molecule has 0 saturated carbocycles. The smallest absolute Gasteiger partial charge is 0.328 e. The molecule has 2 atom stereocenters. The molecule has 37 heavy (non-hydrogen) atoms. The fraction of sp³-hybridized carbons (Fsp3) is 0.500. The van der Waals surface area contributed by atoms with Gasteiger partial charge >= 0.3 is 12.4 Å². The predicted molar refractivity (Wildman–Crippen MR) is 121 cm³/mol. The number of rotatable bonds is 6. The van der Waals surface area contributed by atoms with E-state index in [1.165, 1.54) is 15.9 Å². The van der Waals surface area contributed by atoms with Crippen LogP contribution in [0.3, 0.4) is 0 Å². The molecule has 200 valence electrons. The lowest BCUT2D eigenvalue weighted by Crippen LogP contribution is -2.54. The Morgan fingerprint density at radius 1 is 1.11 bits per heavy atom. The highest BCUT2D eigenvalue weighted by atomic mass is 32.1. The highest BCUT2D eigenvalue weighted by molar-refractivity contribution is 7.12. The summed E-state index contributed by atoms with van der Waals surface area (Å²) in [5, 5.41) is 7.40. The number of aryl methyl sites for hydroxylation is 1. The van der Waals surface area contributed by atoms with Crippen LogP contribution in [0.1, 0.15) is 47.7 Å². The summed E-state index contributed by atoms with van der Waals surface area (Å²) >= 11 is 0.446. The lowest BCUT2D eigenvalue weighted by atomic mass is 10.0. The number of thiophene rings is 1. The van der Waals surface area contributed by atoms with Crippen LogP contribution in [0.15, 0.2) is 24.8 Å². The minimum atomic E-state index is -4.79. The number of piperazine rings is 1. The van der Waals surface area contributed by atoms with E-state index in [2.05, 4.69) is 25.4 Å². The van der Waals surface area contributed by atoms with Crippen molar-refractivity contribution < 1.29 is 31.1 Å². The Morgan fingerprint density at radius 3 is 2.43 bits per heavy atom. The largest absolute Gasteiger partial charge is 0.451 e. The van der Waals surface area contributed by atoms with E-state index in [0.717, 1.165) is 24.9 Å². The van der Waals surface area contributed by atoms with Crippen LogP contribution in [-0.4, -0.2) is 54.7 Å². The number of alkyl halides is 6. The fourth-order valence-electron chi connectivity index (χ4n) is 4.17. The van der Waals surface area contributed by atoms with Crippen molar-refractivity contribution in [2.45, 2.75) is 57.7 Å². The maximum atomic E-state index is 13.7. The molecule has 4 rings (SSSR count). The summed E-state index contributed by atoms with van der Waals surface area (Å²) < 4.78 is 81.2. The first-order valence-corrected chi connectivity index (χ1v) is 12.2. The van der Waals surface area contributed by atoms with Crippen molar-refractivity contribution in [3.8, 4) is 11.1 Å². The van der Waals surface area contributed by atoms with Crippen LogP contribution >= 0.6 is 11.3 Å². The molecule has 1 saturated heterocycles. The van der Waals surface area contributed by atoms with Crippen LogP contribution in [0, 0.1) is 0 Å². The van der Waals surface area contributed by atoms with Crippen molar-refractivity contribution in [2.24, 2.45) is 0 Å². The van der Waals surface area contributed by atoms with Gasteiger partial charge in [-0.1, -0.05) is 6.92 Å². The molecule has 0 radical (unpaired) electrons. The van der Waals surface area contributed by atoms with Crippen LogP contribution in [0.5, 0.6) is 0 Å². The molecule has 1 N–H and O–H groups in total. The molecule has 4 heterocycles. The van der Waals surface area contributed by atoms with Crippen LogP contribution in [-0.2, 0) is 30.1 Å². The van der Waals surface area contributed by atoms with E-state index >= 15 is 0 Å². The van der Waals surface area contributed by atoms with Crippen molar-refractivity contribution in [1.29, 1.82) is 0 Å². The lowest BCUT2D eigenvalue weighted by Gasteiger charge is -2.41. The predicted octanol–water partition coefficient (Wildman–Crippen LogP) is 4.35. The van der Waals surface area contributed by atoms with E-state index in [9.17, 15) is 31.1 Å². The molecule has 0 aliphatic carbocycles. The molecule has 1 aliphatic heterocycles. The van der Waals surface area contributed by atoms with Gasteiger partial charge in [0, 0.05) is 53.9 Å². The van der Waals surface area contributed by atoms with Gasteiger partial charge in [-0.25, -0.2) is 19.6 Å². The molecule has 0 spiro atoms. The zero-order chi connectivity index (χ0) is 27.0. The molecule has 0 aromatic carbocycles. The number of carbonyl (C=O) groups excluding carboxylic acids is 1. The monoisotopic (exact) mass is 547 g/mol. The zero-order valence-corrected chi connectivity index (χ0v) is 20.6. The Bertz CT molecular complexity index is 1240. The Labute approximate surface area is 211 Å². The summed E-state index contributed by atoms with van der Waals surface area (Å²) in [6, 6.07) is -0.325. The minimum Gasteiger partial charge on any atom is -0.328 e. The second kappa shape index (κ2) is 10.4. The summed E-state index contributed by atoms with van der Waals surface area (Å²) in [5.41, 5.74) is 0.0107. The Morgan fingerprint density at radius 2 is 1.81 bits per heavy atom. The number of nitrogens with zero attached hydrogens (tertiary/aromatic N) is 6. The molecular weight excluding hydrogens is 524 g/mol. The number of aromatic nitrogens is 5. The maximum Gasteiger partial charge on any atom is 0.451 e. The van der Waals surface area contributed by atoms with Crippen molar-refractivity contribution in [2.75, 3.05) is 13.1 Å². The van der Waals surface area contributed by atoms with Gasteiger partial charge in [0.05, 0.1) is 6.04 Å². The number of carbonyl (C=O) groups is 1. The third kappa shape index (κ3) is 5.92. The normalized spacial score (nSPS) is 18.9. The first kappa shape index (κ1) is 27.0. The average molecular weight is 548 g/mol. The van der Waals surface area contributed by atoms with E-state index in [4.69, 9.17) is 0 Å². The summed E-state index contributed by atoms with van der Waals surface area (Å²) in [4.78, 5) is 24.9. The quantitative estimate of drug-likeness (QED) is 0.462. The number of hydrogen-bond donors (Lipinski definition) is 1. The fourth-order valence-corrected chi connectivity index (χ4v) is 5.32. The van der Waals surface area contributed by atoms with Gasteiger partial charge in [-0.2, -0.15) is 31.4 Å². The molecular formula is C22H23F6N7OS. The number of nitrogens with one attached hydrogen (secondary N) is 1. The van der Waals surface area contributed by atoms with E-state index in [1.54, 1.807) is 6.92 Å². The van der Waals surface area contributed by atoms with Crippen LogP contribution in [0.4, 0.5) is 26.3 Å². The number of halogens is 6. The third-order valence-electron chi connectivity index (χ3n) is 5.79. The summed E-state index contributed by atoms with van der Waals surface area (Å²) in [6.45, 7) is 4.14. The second-order valence-electron chi connectivity index (χ2n) is 8.61. The van der Waals surface area contributed by atoms with Gasteiger partial charge in [0.25, 0.3) is 0 Å². The van der Waals surface area contributed by atoms with Gasteiger partial charge in [-0.05, 0) is 19.4 Å². The van der Waals surface area contributed by atoms with Crippen molar-refractivity contribution >= 4 is 17.2 Å². The minimum absolute atomic E-state index is 0.0131. The molecule has 1 amide bonds. The summed E-state index contributed by atoms with van der Waals surface area (Å²) in [5.74, 6) is -1.19. The average Bonchev–Trinajstić information content (AvgIpc) is 3.46. The molecule has 1 aliphatic rings. The Balaban J connectivity index is 1.71.